The highest BCUT2D eigenvalue weighted by Gasteiger charge is 2.08. The molecule has 1 aromatic heterocycles. The summed E-state index contributed by atoms with van der Waals surface area (Å²) in [5, 5.41) is 28.6. The molecule has 0 spiro atoms. The molecule has 0 aliphatic carbocycles. The van der Waals surface area contributed by atoms with Crippen LogP contribution in [0.2, 0.25) is 0 Å². The van der Waals surface area contributed by atoms with Crippen LogP contribution in [0.15, 0.2) is 30.4 Å². The monoisotopic (exact) mass is 366 g/mol. The molecule has 0 aromatic carbocycles. The van der Waals surface area contributed by atoms with Crippen LogP contribution < -0.4 is 0 Å². The van der Waals surface area contributed by atoms with Crippen molar-refractivity contribution in [3.63, 3.8) is 0 Å². The van der Waals surface area contributed by atoms with Crippen LogP contribution in [-0.2, 0) is 4.79 Å². The fraction of sp³-hybridized carbons (Fsp3) is 0.550. The fourth-order valence-corrected chi connectivity index (χ4v) is 3.30. The Morgan fingerprint density at radius 2 is 2.00 bits per heavy atom. The van der Waals surface area contributed by atoms with Crippen molar-refractivity contribution in [3.8, 4) is 0 Å². The van der Waals surface area contributed by atoms with Crippen molar-refractivity contribution in [1.82, 2.24) is 0 Å². The standard InChI is InChI=1S/C20H30O4S/c1-2-3-4-5-6-7-10-18(22)19-15-14-17(25-19)13-12-16(21)9-8-11-20(23)24/h6-7,12-16,18,21-22H,2-5,8-11H2,1H3,(H,23,24). The van der Waals surface area contributed by atoms with Gasteiger partial charge in [-0.25, -0.2) is 0 Å². The zero-order valence-electron chi connectivity index (χ0n) is 14.9. The fourth-order valence-electron chi connectivity index (χ4n) is 2.37. The number of carbonyl (C=O) groups is 1. The van der Waals surface area contributed by atoms with Gasteiger partial charge in [0.2, 0.25) is 0 Å². The van der Waals surface area contributed by atoms with E-state index in [1.807, 2.05) is 24.3 Å². The largest absolute Gasteiger partial charge is 0.481 e. The number of carboxylic acids is 1. The second-order valence-electron chi connectivity index (χ2n) is 6.17. The topological polar surface area (TPSA) is 77.8 Å². The molecule has 25 heavy (non-hydrogen) atoms. The van der Waals surface area contributed by atoms with Gasteiger partial charge in [0.15, 0.2) is 0 Å². The maximum atomic E-state index is 10.4. The minimum atomic E-state index is -0.840. The highest BCUT2D eigenvalue weighted by Crippen LogP contribution is 2.27. The molecule has 2 unspecified atom stereocenters. The van der Waals surface area contributed by atoms with Crippen LogP contribution in [0.25, 0.3) is 6.08 Å². The Morgan fingerprint density at radius 3 is 2.72 bits per heavy atom. The van der Waals surface area contributed by atoms with E-state index in [4.69, 9.17) is 5.11 Å². The van der Waals surface area contributed by atoms with Gasteiger partial charge in [0.1, 0.15) is 0 Å². The molecule has 5 heteroatoms. The maximum absolute atomic E-state index is 10.4. The summed E-state index contributed by atoms with van der Waals surface area (Å²) < 4.78 is 0. The predicted octanol–water partition coefficient (Wildman–Crippen LogP) is 4.94. The number of hydrogen-bond donors (Lipinski definition) is 3. The van der Waals surface area contributed by atoms with Crippen LogP contribution >= 0.6 is 11.3 Å². The van der Waals surface area contributed by atoms with Gasteiger partial charge >= 0.3 is 5.97 Å². The minimum absolute atomic E-state index is 0.0756. The Kier molecular flexibility index (Phi) is 11.1. The molecule has 1 aromatic rings. The molecule has 0 saturated heterocycles. The van der Waals surface area contributed by atoms with E-state index in [0.717, 1.165) is 16.2 Å². The van der Waals surface area contributed by atoms with E-state index < -0.39 is 18.2 Å². The van der Waals surface area contributed by atoms with Crippen molar-refractivity contribution in [2.45, 2.75) is 70.5 Å². The second kappa shape index (κ2) is 12.9. The van der Waals surface area contributed by atoms with Crippen LogP contribution in [0.5, 0.6) is 0 Å². The van der Waals surface area contributed by atoms with Gasteiger partial charge in [0, 0.05) is 16.2 Å². The van der Waals surface area contributed by atoms with E-state index in [0.29, 0.717) is 19.3 Å². The van der Waals surface area contributed by atoms with Crippen LogP contribution in [-0.4, -0.2) is 27.4 Å². The summed E-state index contributed by atoms with van der Waals surface area (Å²) in [6.07, 6.45) is 12.9. The van der Waals surface area contributed by atoms with Gasteiger partial charge in [-0.05, 0) is 50.3 Å². The van der Waals surface area contributed by atoms with Gasteiger partial charge in [-0.1, -0.05) is 38.0 Å². The highest BCUT2D eigenvalue weighted by atomic mass is 32.1. The summed E-state index contributed by atoms with van der Waals surface area (Å²) >= 11 is 1.51. The number of carboxylic acid groups (broad SMARTS) is 1. The summed E-state index contributed by atoms with van der Waals surface area (Å²) in [4.78, 5) is 12.3. The van der Waals surface area contributed by atoms with Gasteiger partial charge in [-0.2, -0.15) is 0 Å². The van der Waals surface area contributed by atoms with Crippen LogP contribution in [0.3, 0.4) is 0 Å². The quantitative estimate of drug-likeness (QED) is 0.341. The van der Waals surface area contributed by atoms with E-state index >= 15 is 0 Å². The van der Waals surface area contributed by atoms with Crippen molar-refractivity contribution in [2.75, 3.05) is 0 Å². The van der Waals surface area contributed by atoms with Crippen molar-refractivity contribution >= 4 is 23.4 Å². The first-order valence-corrected chi connectivity index (χ1v) is 9.85. The van der Waals surface area contributed by atoms with Gasteiger partial charge in [-0.15, -0.1) is 11.3 Å². The predicted molar refractivity (Wildman–Crippen MR) is 104 cm³/mol. The van der Waals surface area contributed by atoms with Crippen molar-refractivity contribution in [3.05, 3.63) is 40.1 Å². The van der Waals surface area contributed by atoms with E-state index in [-0.39, 0.29) is 6.42 Å². The molecular weight excluding hydrogens is 336 g/mol. The van der Waals surface area contributed by atoms with Gasteiger partial charge in [0.25, 0.3) is 0 Å². The Bertz CT molecular complexity index is 548. The first-order valence-electron chi connectivity index (χ1n) is 9.03. The molecule has 3 N–H and O–H groups in total. The summed E-state index contributed by atoms with van der Waals surface area (Å²) in [5.41, 5.74) is 0. The minimum Gasteiger partial charge on any atom is -0.481 e. The van der Waals surface area contributed by atoms with Crippen LogP contribution in [0.4, 0.5) is 0 Å². The summed E-state index contributed by atoms with van der Waals surface area (Å²) in [5.74, 6) is -0.840. The third kappa shape index (κ3) is 10.2. The number of aliphatic hydroxyl groups excluding tert-OH is 2. The van der Waals surface area contributed by atoms with Crippen LogP contribution in [0.1, 0.15) is 74.1 Å². The van der Waals surface area contributed by atoms with Crippen molar-refractivity contribution < 1.29 is 20.1 Å². The molecule has 0 saturated carbocycles. The van der Waals surface area contributed by atoms with Gasteiger partial charge in [-0.3, -0.25) is 4.79 Å². The smallest absolute Gasteiger partial charge is 0.303 e. The number of aliphatic carboxylic acids is 1. The molecule has 0 aliphatic rings. The second-order valence-corrected chi connectivity index (χ2v) is 7.32. The molecule has 0 amide bonds. The first kappa shape index (κ1) is 21.6. The lowest BCUT2D eigenvalue weighted by Gasteiger charge is -2.04. The molecule has 0 radical (unpaired) electrons. The number of rotatable bonds is 13. The lowest BCUT2D eigenvalue weighted by atomic mass is 10.1. The van der Waals surface area contributed by atoms with Gasteiger partial charge < -0.3 is 15.3 Å². The molecule has 0 bridgehead atoms. The van der Waals surface area contributed by atoms with Crippen LogP contribution in [0, 0.1) is 0 Å². The normalized spacial score (nSPS) is 14.4. The molecule has 0 fully saturated rings. The number of aliphatic hydroxyl groups is 2. The lowest BCUT2D eigenvalue weighted by molar-refractivity contribution is -0.137. The summed E-state index contributed by atoms with van der Waals surface area (Å²) in [6.45, 7) is 2.19. The zero-order valence-corrected chi connectivity index (χ0v) is 15.8. The lowest BCUT2D eigenvalue weighted by Crippen LogP contribution is -2.03. The zero-order chi connectivity index (χ0) is 18.5. The Morgan fingerprint density at radius 1 is 1.20 bits per heavy atom. The SMILES string of the molecule is CCCCCC=CCC(O)c1ccc(C=CC(O)CCCC(=O)O)s1. The number of thiophene rings is 1. The number of hydrogen-bond acceptors (Lipinski definition) is 4. The molecule has 2 atom stereocenters. The molecule has 140 valence electrons. The average Bonchev–Trinajstić information content (AvgIpc) is 3.05. The third-order valence-corrected chi connectivity index (χ3v) is 5.00. The summed E-state index contributed by atoms with van der Waals surface area (Å²) in [7, 11) is 0. The molecule has 4 nitrogen and oxygen atoms in total. The number of allylic oxidation sites excluding steroid dienone is 1. The third-order valence-electron chi connectivity index (χ3n) is 3.85. The Labute approximate surface area is 154 Å². The maximum Gasteiger partial charge on any atom is 0.303 e. The van der Waals surface area contributed by atoms with Crippen molar-refractivity contribution in [1.29, 1.82) is 0 Å². The Hall–Kier alpha value is -1.43. The summed E-state index contributed by atoms with van der Waals surface area (Å²) in [6, 6.07) is 3.84. The van der Waals surface area contributed by atoms with E-state index in [1.54, 1.807) is 6.08 Å². The van der Waals surface area contributed by atoms with Gasteiger partial charge in [0.05, 0.1) is 12.2 Å². The molecule has 1 rings (SSSR count). The Balaban J connectivity index is 2.36. The number of unbranched alkanes of at least 4 members (excludes halogenated alkanes) is 3. The van der Waals surface area contributed by atoms with E-state index in [2.05, 4.69) is 13.0 Å². The molecular formula is C20H30O4S. The van der Waals surface area contributed by atoms with E-state index in [1.165, 1.54) is 30.6 Å². The average molecular weight is 367 g/mol. The van der Waals surface area contributed by atoms with Crippen molar-refractivity contribution in [2.24, 2.45) is 0 Å². The highest BCUT2D eigenvalue weighted by molar-refractivity contribution is 7.12. The van der Waals surface area contributed by atoms with E-state index in [9.17, 15) is 15.0 Å². The molecule has 0 aliphatic heterocycles. The molecule has 1 heterocycles. The first-order chi connectivity index (χ1) is 12.0.